The second-order valence-electron chi connectivity index (χ2n) is 5.17. The minimum atomic E-state index is 0.0495. The SMILES string of the molecule is CCCNC(C)c1nnc(NC2COc3ccccc32)o1. The van der Waals surface area contributed by atoms with Crippen LogP contribution in [0, 0.1) is 0 Å². The van der Waals surface area contributed by atoms with Crippen LogP contribution in [0.3, 0.4) is 0 Å². The first kappa shape index (κ1) is 13.9. The first-order chi connectivity index (χ1) is 10.3. The molecule has 0 bridgehead atoms. The third-order valence-corrected chi connectivity index (χ3v) is 3.51. The smallest absolute Gasteiger partial charge is 0.316 e. The fourth-order valence-electron chi connectivity index (χ4n) is 2.35. The highest BCUT2D eigenvalue weighted by molar-refractivity contribution is 5.43. The molecule has 21 heavy (non-hydrogen) atoms. The molecular weight excluding hydrogens is 268 g/mol. The monoisotopic (exact) mass is 288 g/mol. The predicted octanol–water partition coefficient (Wildman–Crippen LogP) is 2.68. The Bertz CT molecular complexity index is 599. The molecule has 6 nitrogen and oxygen atoms in total. The highest BCUT2D eigenvalue weighted by atomic mass is 16.5. The van der Waals surface area contributed by atoms with Crippen molar-refractivity contribution < 1.29 is 9.15 Å². The van der Waals surface area contributed by atoms with Crippen LogP contribution in [0.5, 0.6) is 5.75 Å². The van der Waals surface area contributed by atoms with E-state index in [1.165, 1.54) is 0 Å². The number of rotatable bonds is 6. The van der Waals surface area contributed by atoms with Gasteiger partial charge >= 0.3 is 6.01 Å². The second kappa shape index (κ2) is 6.13. The second-order valence-corrected chi connectivity index (χ2v) is 5.17. The quantitative estimate of drug-likeness (QED) is 0.851. The lowest BCUT2D eigenvalue weighted by Crippen LogP contribution is -2.19. The summed E-state index contributed by atoms with van der Waals surface area (Å²) in [5.74, 6) is 1.51. The molecule has 6 heteroatoms. The van der Waals surface area contributed by atoms with Crippen molar-refractivity contribution in [2.45, 2.75) is 32.4 Å². The molecule has 1 aliphatic rings. The molecule has 0 saturated carbocycles. The van der Waals surface area contributed by atoms with E-state index < -0.39 is 0 Å². The third kappa shape index (κ3) is 3.00. The Labute approximate surface area is 123 Å². The zero-order chi connectivity index (χ0) is 14.7. The summed E-state index contributed by atoms with van der Waals surface area (Å²) in [5, 5.41) is 14.7. The minimum Gasteiger partial charge on any atom is -0.491 e. The zero-order valence-corrected chi connectivity index (χ0v) is 12.3. The van der Waals surface area contributed by atoms with Crippen molar-refractivity contribution >= 4 is 6.01 Å². The minimum absolute atomic E-state index is 0.0495. The van der Waals surface area contributed by atoms with Crippen LogP contribution in [-0.4, -0.2) is 23.3 Å². The topological polar surface area (TPSA) is 72.2 Å². The lowest BCUT2D eigenvalue weighted by Gasteiger charge is -2.09. The number of nitrogens with zero attached hydrogens (tertiary/aromatic N) is 2. The number of ether oxygens (including phenoxy) is 1. The molecule has 1 aromatic heterocycles. The Morgan fingerprint density at radius 3 is 3.05 bits per heavy atom. The largest absolute Gasteiger partial charge is 0.491 e. The number of benzene rings is 1. The van der Waals surface area contributed by atoms with Gasteiger partial charge in [0.2, 0.25) is 5.89 Å². The van der Waals surface area contributed by atoms with Crippen molar-refractivity contribution in [3.63, 3.8) is 0 Å². The molecule has 0 radical (unpaired) electrons. The average Bonchev–Trinajstić information content (AvgIpc) is 3.13. The van der Waals surface area contributed by atoms with Gasteiger partial charge in [0.25, 0.3) is 0 Å². The highest BCUT2D eigenvalue weighted by Gasteiger charge is 2.25. The number of nitrogens with one attached hydrogen (secondary N) is 2. The summed E-state index contributed by atoms with van der Waals surface area (Å²) < 4.78 is 11.3. The van der Waals surface area contributed by atoms with Gasteiger partial charge in [-0.3, -0.25) is 0 Å². The molecule has 0 aliphatic carbocycles. The van der Waals surface area contributed by atoms with Gasteiger partial charge in [-0.05, 0) is 26.0 Å². The van der Waals surface area contributed by atoms with E-state index in [4.69, 9.17) is 9.15 Å². The van der Waals surface area contributed by atoms with E-state index in [2.05, 4.69) is 27.8 Å². The number of para-hydroxylation sites is 1. The summed E-state index contributed by atoms with van der Waals surface area (Å²) in [6.45, 7) is 5.63. The molecule has 2 heterocycles. The van der Waals surface area contributed by atoms with Crippen LogP contribution in [0.15, 0.2) is 28.7 Å². The van der Waals surface area contributed by atoms with Gasteiger partial charge in [0, 0.05) is 5.56 Å². The molecule has 0 fully saturated rings. The molecule has 0 spiro atoms. The van der Waals surface area contributed by atoms with Gasteiger partial charge in [0.1, 0.15) is 12.4 Å². The van der Waals surface area contributed by atoms with Crippen molar-refractivity contribution in [3.8, 4) is 5.75 Å². The zero-order valence-electron chi connectivity index (χ0n) is 12.3. The molecule has 3 rings (SSSR count). The standard InChI is InChI=1S/C15H20N4O2/c1-3-8-16-10(2)14-18-19-15(21-14)17-12-9-20-13-7-5-4-6-11(12)13/h4-7,10,12,16H,3,8-9H2,1-2H3,(H,17,19). The van der Waals surface area contributed by atoms with E-state index in [0.717, 1.165) is 24.3 Å². The van der Waals surface area contributed by atoms with Gasteiger partial charge in [-0.15, -0.1) is 5.10 Å². The van der Waals surface area contributed by atoms with Gasteiger partial charge in [0.05, 0.1) is 12.1 Å². The number of fused-ring (bicyclic) bond motifs is 1. The lowest BCUT2D eigenvalue weighted by atomic mass is 10.1. The molecule has 2 unspecified atom stereocenters. The summed E-state index contributed by atoms with van der Waals surface area (Å²) in [6, 6.07) is 8.51. The molecule has 0 saturated heterocycles. The van der Waals surface area contributed by atoms with Crippen LogP contribution in [0.2, 0.25) is 0 Å². The number of anilines is 1. The average molecular weight is 288 g/mol. The van der Waals surface area contributed by atoms with Gasteiger partial charge in [0.15, 0.2) is 0 Å². The van der Waals surface area contributed by atoms with Gasteiger partial charge in [-0.1, -0.05) is 30.2 Å². The summed E-state index contributed by atoms with van der Waals surface area (Å²) in [4.78, 5) is 0. The Morgan fingerprint density at radius 1 is 1.33 bits per heavy atom. The molecule has 2 N–H and O–H groups in total. The van der Waals surface area contributed by atoms with Gasteiger partial charge in [-0.2, -0.15) is 0 Å². The fraction of sp³-hybridized carbons (Fsp3) is 0.467. The van der Waals surface area contributed by atoms with Crippen molar-refractivity contribution in [2.24, 2.45) is 0 Å². The lowest BCUT2D eigenvalue weighted by molar-refractivity contribution is 0.336. The number of hydrogen-bond donors (Lipinski definition) is 2. The molecule has 2 atom stereocenters. The first-order valence-corrected chi connectivity index (χ1v) is 7.33. The Kier molecular flexibility index (Phi) is 4.06. The number of aromatic nitrogens is 2. The molecule has 1 aromatic carbocycles. The van der Waals surface area contributed by atoms with E-state index in [1.807, 2.05) is 31.2 Å². The van der Waals surface area contributed by atoms with Crippen LogP contribution in [0.25, 0.3) is 0 Å². The van der Waals surface area contributed by atoms with Crippen LogP contribution in [0.1, 0.15) is 43.8 Å². The van der Waals surface area contributed by atoms with Crippen LogP contribution < -0.4 is 15.4 Å². The van der Waals surface area contributed by atoms with Crippen LogP contribution in [0.4, 0.5) is 6.01 Å². The van der Waals surface area contributed by atoms with Crippen LogP contribution >= 0.6 is 0 Å². The van der Waals surface area contributed by atoms with E-state index >= 15 is 0 Å². The Balaban J connectivity index is 1.66. The van der Waals surface area contributed by atoms with Crippen molar-refractivity contribution in [3.05, 3.63) is 35.7 Å². The summed E-state index contributed by atoms with van der Waals surface area (Å²) in [6.07, 6.45) is 1.07. The Morgan fingerprint density at radius 2 is 2.19 bits per heavy atom. The highest BCUT2D eigenvalue weighted by Crippen LogP contribution is 2.33. The first-order valence-electron chi connectivity index (χ1n) is 7.33. The summed E-state index contributed by atoms with van der Waals surface area (Å²) >= 11 is 0. The van der Waals surface area contributed by atoms with E-state index in [0.29, 0.717) is 18.5 Å². The summed E-state index contributed by atoms with van der Waals surface area (Å²) in [5.41, 5.74) is 1.12. The fourth-order valence-corrected chi connectivity index (χ4v) is 2.35. The maximum absolute atomic E-state index is 5.67. The van der Waals surface area contributed by atoms with Crippen molar-refractivity contribution in [1.82, 2.24) is 15.5 Å². The van der Waals surface area contributed by atoms with Crippen molar-refractivity contribution in [2.75, 3.05) is 18.5 Å². The Hall–Kier alpha value is -2.08. The van der Waals surface area contributed by atoms with E-state index in [1.54, 1.807) is 0 Å². The molecule has 2 aromatic rings. The van der Waals surface area contributed by atoms with Gasteiger partial charge < -0.3 is 19.8 Å². The third-order valence-electron chi connectivity index (χ3n) is 3.51. The van der Waals surface area contributed by atoms with Crippen molar-refractivity contribution in [1.29, 1.82) is 0 Å². The molecule has 1 aliphatic heterocycles. The molecule has 112 valence electrons. The van der Waals surface area contributed by atoms with E-state index in [-0.39, 0.29) is 12.1 Å². The normalized spacial score (nSPS) is 18.1. The van der Waals surface area contributed by atoms with Gasteiger partial charge in [-0.25, -0.2) is 0 Å². The number of hydrogen-bond acceptors (Lipinski definition) is 6. The molecule has 0 amide bonds. The summed E-state index contributed by atoms with van der Waals surface area (Å²) in [7, 11) is 0. The van der Waals surface area contributed by atoms with Crippen LogP contribution in [-0.2, 0) is 0 Å². The molecular formula is C15H20N4O2. The van der Waals surface area contributed by atoms with E-state index in [9.17, 15) is 0 Å². The maximum Gasteiger partial charge on any atom is 0.316 e. The predicted molar refractivity (Wildman–Crippen MR) is 79.3 cm³/mol. The maximum atomic E-state index is 5.67.